The first-order valence-corrected chi connectivity index (χ1v) is 13.3. The molecule has 1 aliphatic rings. The molecule has 1 amide bonds. The SMILES string of the molecule is CCCCCC/C(=C1/c2ccccc2C(=O)N1n1cccc1)[Si](C)(C)C. The monoisotopic (exact) mass is 366 g/mol. The number of unbranched alkanes of at least 4 members (excludes halogenated alkanes) is 3. The summed E-state index contributed by atoms with van der Waals surface area (Å²) in [7, 11) is -1.59. The Labute approximate surface area is 158 Å². The van der Waals surface area contributed by atoms with Crippen molar-refractivity contribution < 1.29 is 4.79 Å². The topological polar surface area (TPSA) is 25.2 Å². The predicted octanol–water partition coefficient (Wildman–Crippen LogP) is 5.84. The van der Waals surface area contributed by atoms with Crippen molar-refractivity contribution in [3.63, 3.8) is 0 Å². The van der Waals surface area contributed by atoms with E-state index in [-0.39, 0.29) is 5.91 Å². The highest BCUT2D eigenvalue weighted by Gasteiger charge is 2.37. The standard InChI is InChI=1S/C22H30N2OSi/c1-5-6-7-8-15-20(26(2,3)4)21-18-13-9-10-14-19(18)22(25)24(21)23-16-11-12-17-23/h9-14,16-17H,5-8,15H2,1-4H3/b21-20+. The number of carbonyl (C=O) groups is 1. The second-order valence-corrected chi connectivity index (χ2v) is 13.2. The van der Waals surface area contributed by atoms with Crippen LogP contribution in [0.15, 0.2) is 54.0 Å². The third-order valence-electron chi connectivity index (χ3n) is 5.11. The number of rotatable bonds is 7. The minimum absolute atomic E-state index is 0.0797. The number of aromatic nitrogens is 1. The van der Waals surface area contributed by atoms with Gasteiger partial charge in [0.25, 0.3) is 5.91 Å². The molecule has 138 valence electrons. The predicted molar refractivity (Wildman–Crippen MR) is 112 cm³/mol. The highest BCUT2D eigenvalue weighted by atomic mass is 28.3. The Hall–Kier alpha value is -2.07. The highest BCUT2D eigenvalue weighted by molar-refractivity contribution is 6.84. The first-order valence-electron chi connectivity index (χ1n) is 9.76. The van der Waals surface area contributed by atoms with Gasteiger partial charge in [0, 0.05) is 18.0 Å². The lowest BCUT2D eigenvalue weighted by Crippen LogP contribution is -2.36. The summed E-state index contributed by atoms with van der Waals surface area (Å²) in [5.74, 6) is 0.0797. The molecule has 2 aromatic rings. The number of amides is 1. The lowest BCUT2D eigenvalue weighted by atomic mass is 10.1. The summed E-state index contributed by atoms with van der Waals surface area (Å²) in [5.41, 5.74) is 3.05. The molecule has 3 rings (SSSR count). The van der Waals surface area contributed by atoms with Crippen molar-refractivity contribution in [1.29, 1.82) is 0 Å². The van der Waals surface area contributed by atoms with Gasteiger partial charge in [-0.2, -0.15) is 0 Å². The molecule has 0 spiro atoms. The summed E-state index contributed by atoms with van der Waals surface area (Å²) < 4.78 is 1.93. The lowest BCUT2D eigenvalue weighted by Gasteiger charge is -2.29. The Morgan fingerprint density at radius 3 is 2.19 bits per heavy atom. The largest absolute Gasteiger partial charge is 0.278 e. The van der Waals surface area contributed by atoms with Gasteiger partial charge in [-0.3, -0.25) is 9.47 Å². The van der Waals surface area contributed by atoms with Crippen molar-refractivity contribution in [3.8, 4) is 0 Å². The van der Waals surface area contributed by atoms with Crippen molar-refractivity contribution in [1.82, 2.24) is 4.68 Å². The zero-order valence-corrected chi connectivity index (χ0v) is 17.5. The first-order chi connectivity index (χ1) is 12.4. The maximum absolute atomic E-state index is 13.2. The van der Waals surface area contributed by atoms with E-state index in [1.165, 1.54) is 30.9 Å². The molecule has 0 fully saturated rings. The summed E-state index contributed by atoms with van der Waals surface area (Å²) >= 11 is 0. The van der Waals surface area contributed by atoms with Crippen LogP contribution in [0.2, 0.25) is 19.6 Å². The molecule has 0 unspecified atom stereocenters. The number of hydrogen-bond acceptors (Lipinski definition) is 1. The van der Waals surface area contributed by atoms with Crippen LogP contribution in [-0.4, -0.2) is 18.7 Å². The van der Waals surface area contributed by atoms with Gasteiger partial charge >= 0.3 is 0 Å². The van der Waals surface area contributed by atoms with Gasteiger partial charge in [0.15, 0.2) is 0 Å². The lowest BCUT2D eigenvalue weighted by molar-refractivity contribution is 0.0984. The van der Waals surface area contributed by atoms with E-state index in [0.717, 1.165) is 23.2 Å². The molecule has 3 nitrogen and oxygen atoms in total. The van der Waals surface area contributed by atoms with Gasteiger partial charge in [0.1, 0.15) is 0 Å². The molecule has 0 radical (unpaired) electrons. The van der Waals surface area contributed by atoms with Crippen LogP contribution < -0.4 is 5.01 Å². The van der Waals surface area contributed by atoms with Crippen LogP contribution in [0.5, 0.6) is 0 Å². The van der Waals surface area contributed by atoms with Crippen molar-refractivity contribution in [2.24, 2.45) is 0 Å². The quantitative estimate of drug-likeness (QED) is 0.446. The molecule has 0 atom stereocenters. The van der Waals surface area contributed by atoms with Crippen LogP contribution in [0.3, 0.4) is 0 Å². The van der Waals surface area contributed by atoms with Crippen molar-refractivity contribution in [2.45, 2.75) is 58.7 Å². The summed E-state index contributed by atoms with van der Waals surface area (Å²) in [6.45, 7) is 9.44. The molecule has 0 saturated carbocycles. The molecule has 4 heteroatoms. The smallest absolute Gasteiger partial charge is 0.267 e. The molecule has 1 aliphatic heterocycles. The highest BCUT2D eigenvalue weighted by Crippen LogP contribution is 2.38. The molecular formula is C22H30N2OSi. The van der Waals surface area contributed by atoms with Crippen LogP contribution in [0.1, 0.15) is 54.9 Å². The van der Waals surface area contributed by atoms with E-state index in [4.69, 9.17) is 0 Å². The van der Waals surface area contributed by atoms with Crippen molar-refractivity contribution in [2.75, 3.05) is 5.01 Å². The summed E-state index contributed by atoms with van der Waals surface area (Å²) in [6, 6.07) is 12.0. The Morgan fingerprint density at radius 2 is 1.58 bits per heavy atom. The average Bonchev–Trinajstić information content (AvgIpc) is 3.21. The van der Waals surface area contributed by atoms with Crippen LogP contribution in [-0.2, 0) is 0 Å². The van der Waals surface area contributed by atoms with Crippen LogP contribution in [0.25, 0.3) is 5.70 Å². The molecule has 0 saturated heterocycles. The van der Waals surface area contributed by atoms with E-state index >= 15 is 0 Å². The third kappa shape index (κ3) is 3.56. The zero-order chi connectivity index (χ0) is 18.7. The molecule has 1 aromatic heterocycles. The number of benzene rings is 1. The first kappa shape index (κ1) is 18.7. The Balaban J connectivity index is 2.13. The van der Waals surface area contributed by atoms with Crippen LogP contribution >= 0.6 is 0 Å². The van der Waals surface area contributed by atoms with E-state index in [9.17, 15) is 4.79 Å². The summed E-state index contributed by atoms with van der Waals surface area (Å²) in [5, 5.41) is 3.39. The fraction of sp³-hybridized carbons (Fsp3) is 0.409. The van der Waals surface area contributed by atoms with Gasteiger partial charge in [0.2, 0.25) is 0 Å². The van der Waals surface area contributed by atoms with Crippen molar-refractivity contribution >= 4 is 19.7 Å². The Morgan fingerprint density at radius 1 is 0.923 bits per heavy atom. The molecule has 0 N–H and O–H groups in total. The van der Waals surface area contributed by atoms with Gasteiger partial charge in [-0.15, -0.1) is 0 Å². The number of allylic oxidation sites excluding steroid dienone is 1. The third-order valence-corrected chi connectivity index (χ3v) is 7.41. The maximum atomic E-state index is 13.2. The molecule has 1 aromatic carbocycles. The number of nitrogens with zero attached hydrogens (tertiary/aromatic N) is 2. The second-order valence-electron chi connectivity index (χ2n) is 8.11. The van der Waals surface area contributed by atoms with Crippen LogP contribution in [0.4, 0.5) is 0 Å². The van der Waals surface area contributed by atoms with E-state index in [2.05, 4.69) is 32.6 Å². The molecule has 26 heavy (non-hydrogen) atoms. The van der Waals surface area contributed by atoms with E-state index in [1.807, 2.05) is 52.4 Å². The maximum Gasteiger partial charge on any atom is 0.278 e. The van der Waals surface area contributed by atoms with E-state index in [1.54, 1.807) is 0 Å². The molecule has 2 heterocycles. The van der Waals surface area contributed by atoms with Crippen LogP contribution in [0, 0.1) is 0 Å². The fourth-order valence-corrected chi connectivity index (χ4v) is 5.63. The van der Waals surface area contributed by atoms with E-state index < -0.39 is 8.07 Å². The minimum Gasteiger partial charge on any atom is -0.267 e. The fourth-order valence-electron chi connectivity index (χ4n) is 3.75. The van der Waals surface area contributed by atoms with Gasteiger partial charge in [0.05, 0.1) is 19.3 Å². The second kappa shape index (κ2) is 7.66. The van der Waals surface area contributed by atoms with E-state index in [0.29, 0.717) is 0 Å². The normalized spacial score (nSPS) is 16.2. The Kier molecular flexibility index (Phi) is 5.51. The summed E-state index contributed by atoms with van der Waals surface area (Å²) in [6.07, 6.45) is 10.0. The average molecular weight is 367 g/mol. The number of carbonyl (C=O) groups excluding carboxylic acids is 1. The van der Waals surface area contributed by atoms with Gasteiger partial charge < -0.3 is 0 Å². The van der Waals surface area contributed by atoms with Gasteiger partial charge in [-0.1, -0.05) is 69.2 Å². The minimum atomic E-state index is -1.59. The van der Waals surface area contributed by atoms with Gasteiger partial charge in [-0.05, 0) is 31.0 Å². The number of fused-ring (bicyclic) bond motifs is 1. The van der Waals surface area contributed by atoms with Crippen molar-refractivity contribution in [3.05, 3.63) is 65.1 Å². The van der Waals surface area contributed by atoms with Gasteiger partial charge in [-0.25, -0.2) is 5.01 Å². The Bertz CT molecular complexity index is 800. The molecule has 0 bridgehead atoms. The number of hydrogen-bond donors (Lipinski definition) is 0. The molecule has 0 aliphatic carbocycles. The summed E-state index contributed by atoms with van der Waals surface area (Å²) in [4.78, 5) is 13.2. The zero-order valence-electron chi connectivity index (χ0n) is 16.5. The molecular weight excluding hydrogens is 336 g/mol.